The first-order valence-corrected chi connectivity index (χ1v) is 9.07. The number of aliphatic hydroxyl groups is 1. The summed E-state index contributed by atoms with van der Waals surface area (Å²) in [6.07, 6.45) is 0.510. The van der Waals surface area contributed by atoms with E-state index in [0.717, 1.165) is 11.1 Å². The van der Waals surface area contributed by atoms with Crippen LogP contribution in [0.15, 0.2) is 42.5 Å². The van der Waals surface area contributed by atoms with E-state index in [1.165, 1.54) is 0 Å². The van der Waals surface area contributed by atoms with Crippen molar-refractivity contribution < 1.29 is 19.4 Å². The number of amides is 1. The number of hydrogen-bond donors (Lipinski definition) is 2. The zero-order valence-corrected chi connectivity index (χ0v) is 15.8. The first-order valence-electron chi connectivity index (χ1n) is 9.07. The standard InChI is InChI=1S/C21H26N2O4/c1-15-5-3-4-6-17(15)21(25)9-11-23(14-21)20(24)16-7-8-18(26-2)19(13-16)27-12-10-22/h3-8,13,25H,9-12,14,22H2,1-2H3/t21-/m1/s1. The van der Waals surface area contributed by atoms with Gasteiger partial charge in [0.05, 0.1) is 13.7 Å². The maximum absolute atomic E-state index is 13.0. The second kappa shape index (κ2) is 7.98. The quantitative estimate of drug-likeness (QED) is 0.813. The molecule has 2 aromatic rings. The van der Waals surface area contributed by atoms with Crippen molar-refractivity contribution in [2.24, 2.45) is 5.73 Å². The van der Waals surface area contributed by atoms with Crippen LogP contribution in [-0.2, 0) is 5.60 Å². The van der Waals surface area contributed by atoms with Gasteiger partial charge in [-0.05, 0) is 42.7 Å². The molecule has 6 nitrogen and oxygen atoms in total. The van der Waals surface area contributed by atoms with Crippen molar-refractivity contribution in [3.8, 4) is 11.5 Å². The van der Waals surface area contributed by atoms with Crippen LogP contribution in [0, 0.1) is 6.92 Å². The number of benzene rings is 2. The highest BCUT2D eigenvalue weighted by Crippen LogP contribution is 2.35. The summed E-state index contributed by atoms with van der Waals surface area (Å²) in [7, 11) is 1.55. The Morgan fingerprint density at radius 2 is 2.04 bits per heavy atom. The molecule has 3 rings (SSSR count). The Labute approximate surface area is 159 Å². The number of aryl methyl sites for hydroxylation is 1. The zero-order valence-electron chi connectivity index (χ0n) is 15.8. The molecular weight excluding hydrogens is 344 g/mol. The molecule has 1 saturated heterocycles. The Morgan fingerprint density at radius 3 is 2.74 bits per heavy atom. The average molecular weight is 370 g/mol. The van der Waals surface area contributed by atoms with Crippen LogP contribution in [0.1, 0.15) is 27.9 Å². The number of carbonyl (C=O) groups excluding carboxylic acids is 1. The van der Waals surface area contributed by atoms with Crippen molar-refractivity contribution in [3.63, 3.8) is 0 Å². The summed E-state index contributed by atoms with van der Waals surface area (Å²) >= 11 is 0. The number of hydrogen-bond acceptors (Lipinski definition) is 5. The van der Waals surface area contributed by atoms with Gasteiger partial charge in [0.2, 0.25) is 0 Å². The number of likely N-dealkylation sites (tertiary alicyclic amines) is 1. The summed E-state index contributed by atoms with van der Waals surface area (Å²) < 4.78 is 10.9. The van der Waals surface area contributed by atoms with Crippen molar-refractivity contribution in [1.82, 2.24) is 4.90 Å². The van der Waals surface area contributed by atoms with Crippen molar-refractivity contribution in [2.45, 2.75) is 18.9 Å². The van der Waals surface area contributed by atoms with Gasteiger partial charge in [-0.2, -0.15) is 0 Å². The Hall–Kier alpha value is -2.57. The van der Waals surface area contributed by atoms with Crippen LogP contribution < -0.4 is 15.2 Å². The molecule has 0 bridgehead atoms. The lowest BCUT2D eigenvalue weighted by Gasteiger charge is -2.25. The Bertz CT molecular complexity index is 824. The molecule has 3 N–H and O–H groups in total. The predicted molar refractivity (Wildman–Crippen MR) is 103 cm³/mol. The van der Waals surface area contributed by atoms with E-state index in [4.69, 9.17) is 15.2 Å². The topological polar surface area (TPSA) is 85.0 Å². The molecule has 0 aliphatic carbocycles. The highest BCUT2D eigenvalue weighted by atomic mass is 16.5. The van der Waals surface area contributed by atoms with Gasteiger partial charge < -0.3 is 25.2 Å². The van der Waals surface area contributed by atoms with Crippen LogP contribution >= 0.6 is 0 Å². The molecule has 1 heterocycles. The van der Waals surface area contributed by atoms with E-state index in [2.05, 4.69) is 0 Å². The number of nitrogens with zero attached hydrogens (tertiary/aromatic N) is 1. The van der Waals surface area contributed by atoms with E-state index in [9.17, 15) is 9.90 Å². The van der Waals surface area contributed by atoms with Gasteiger partial charge in [-0.3, -0.25) is 4.79 Å². The van der Waals surface area contributed by atoms with Gasteiger partial charge in [0.25, 0.3) is 5.91 Å². The van der Waals surface area contributed by atoms with Crippen LogP contribution in [-0.4, -0.2) is 49.3 Å². The van der Waals surface area contributed by atoms with E-state index in [1.54, 1.807) is 30.2 Å². The third-order valence-corrected chi connectivity index (χ3v) is 4.97. The molecular formula is C21H26N2O4. The van der Waals surface area contributed by atoms with E-state index >= 15 is 0 Å². The Morgan fingerprint density at radius 1 is 1.26 bits per heavy atom. The van der Waals surface area contributed by atoms with E-state index in [1.807, 2.05) is 31.2 Å². The number of carbonyl (C=O) groups is 1. The minimum atomic E-state index is -1.02. The highest BCUT2D eigenvalue weighted by molar-refractivity contribution is 5.95. The van der Waals surface area contributed by atoms with E-state index in [-0.39, 0.29) is 12.5 Å². The summed E-state index contributed by atoms with van der Waals surface area (Å²) in [4.78, 5) is 14.7. The molecule has 144 valence electrons. The lowest BCUT2D eigenvalue weighted by Crippen LogP contribution is -2.34. The zero-order chi connectivity index (χ0) is 19.4. The molecule has 2 aromatic carbocycles. The number of nitrogens with two attached hydrogens (primary N) is 1. The van der Waals surface area contributed by atoms with Crippen molar-refractivity contribution in [2.75, 3.05) is 33.4 Å². The SMILES string of the molecule is COc1ccc(C(=O)N2CC[C@](O)(c3ccccc3C)C2)cc1OCCN. The number of rotatable bonds is 6. The fraction of sp³-hybridized carbons (Fsp3) is 0.381. The monoisotopic (exact) mass is 370 g/mol. The molecule has 27 heavy (non-hydrogen) atoms. The average Bonchev–Trinajstić information content (AvgIpc) is 3.09. The molecule has 1 aliphatic heterocycles. The fourth-order valence-corrected chi connectivity index (χ4v) is 3.56. The molecule has 0 radical (unpaired) electrons. The Kier molecular flexibility index (Phi) is 5.68. The lowest BCUT2D eigenvalue weighted by molar-refractivity contribution is 0.0412. The maximum atomic E-state index is 13.0. The summed E-state index contributed by atoms with van der Waals surface area (Å²) in [6.45, 7) is 3.44. The first-order chi connectivity index (χ1) is 13.0. The van der Waals surface area contributed by atoms with Gasteiger partial charge in [-0.25, -0.2) is 0 Å². The molecule has 1 aliphatic rings. The smallest absolute Gasteiger partial charge is 0.254 e. The normalized spacial score (nSPS) is 19.2. The van der Waals surface area contributed by atoms with Crippen LogP contribution in [0.4, 0.5) is 0 Å². The van der Waals surface area contributed by atoms with Gasteiger partial charge in [0.15, 0.2) is 11.5 Å². The number of ether oxygens (including phenoxy) is 2. The van der Waals surface area contributed by atoms with Crippen LogP contribution in [0.3, 0.4) is 0 Å². The molecule has 0 aromatic heterocycles. The second-order valence-electron chi connectivity index (χ2n) is 6.83. The van der Waals surface area contributed by atoms with E-state index < -0.39 is 5.60 Å². The van der Waals surface area contributed by atoms with Crippen LogP contribution in [0.25, 0.3) is 0 Å². The molecule has 0 unspecified atom stereocenters. The molecule has 1 amide bonds. The number of β-amino-alcohol motifs (C(OH)–C–C–N with tert-alkyl or cyclic N) is 1. The van der Waals surface area contributed by atoms with Gasteiger partial charge in [0.1, 0.15) is 12.2 Å². The number of methoxy groups -OCH3 is 1. The largest absolute Gasteiger partial charge is 0.493 e. The molecule has 6 heteroatoms. The Balaban J connectivity index is 1.80. The van der Waals surface area contributed by atoms with Crippen molar-refractivity contribution in [3.05, 3.63) is 59.2 Å². The first kappa shape index (κ1) is 19.2. The van der Waals surface area contributed by atoms with Gasteiger partial charge in [-0.15, -0.1) is 0 Å². The van der Waals surface area contributed by atoms with Crippen molar-refractivity contribution >= 4 is 5.91 Å². The third-order valence-electron chi connectivity index (χ3n) is 4.97. The van der Waals surface area contributed by atoms with Crippen LogP contribution in [0.5, 0.6) is 11.5 Å². The summed E-state index contributed by atoms with van der Waals surface area (Å²) in [6, 6.07) is 12.8. The minimum absolute atomic E-state index is 0.139. The summed E-state index contributed by atoms with van der Waals surface area (Å²) in [5.74, 6) is 0.903. The van der Waals surface area contributed by atoms with Gasteiger partial charge in [-0.1, -0.05) is 24.3 Å². The highest BCUT2D eigenvalue weighted by Gasteiger charge is 2.40. The summed E-state index contributed by atoms with van der Waals surface area (Å²) in [5.41, 5.74) is 6.87. The molecule has 1 fully saturated rings. The second-order valence-corrected chi connectivity index (χ2v) is 6.83. The van der Waals surface area contributed by atoms with Gasteiger partial charge in [0, 0.05) is 18.7 Å². The predicted octanol–water partition coefficient (Wildman–Crippen LogP) is 2.07. The van der Waals surface area contributed by atoms with Crippen molar-refractivity contribution in [1.29, 1.82) is 0 Å². The summed E-state index contributed by atoms with van der Waals surface area (Å²) in [5, 5.41) is 11.1. The molecule has 0 saturated carbocycles. The minimum Gasteiger partial charge on any atom is -0.493 e. The molecule has 1 atom stereocenters. The van der Waals surface area contributed by atoms with Crippen LogP contribution in [0.2, 0.25) is 0 Å². The fourth-order valence-electron chi connectivity index (χ4n) is 3.56. The molecule has 0 spiro atoms. The maximum Gasteiger partial charge on any atom is 0.254 e. The van der Waals surface area contributed by atoms with E-state index in [0.29, 0.717) is 43.2 Å². The lowest BCUT2D eigenvalue weighted by atomic mass is 9.89. The van der Waals surface area contributed by atoms with Gasteiger partial charge >= 0.3 is 0 Å². The third kappa shape index (κ3) is 3.91.